The quantitative estimate of drug-likeness (QED) is 0.226. The maximum Gasteiger partial charge on any atom is 0.433 e. The van der Waals surface area contributed by atoms with Gasteiger partial charge in [0.05, 0.1) is 5.69 Å². The largest absolute Gasteiger partial charge is 0.471 e. The van der Waals surface area contributed by atoms with Crippen LogP contribution in [0.1, 0.15) is 31.4 Å². The zero-order chi connectivity index (χ0) is 28.6. The van der Waals surface area contributed by atoms with E-state index in [-0.39, 0.29) is 38.8 Å². The van der Waals surface area contributed by atoms with E-state index in [2.05, 4.69) is 15.4 Å². The normalized spacial score (nSPS) is 11.5. The number of amides is 2. The predicted octanol–water partition coefficient (Wildman–Crippen LogP) is 6.53. The number of nitrogens with two attached hydrogens (primary N) is 1. The molecule has 0 spiro atoms. The van der Waals surface area contributed by atoms with Gasteiger partial charge in [0.1, 0.15) is 21.2 Å². The molecule has 0 bridgehead atoms. The fourth-order valence-electron chi connectivity index (χ4n) is 4.02. The van der Waals surface area contributed by atoms with Crippen LogP contribution in [-0.2, 0) is 12.9 Å². The van der Waals surface area contributed by atoms with Crippen molar-refractivity contribution >= 4 is 50.7 Å². The number of alkyl halides is 3. The van der Waals surface area contributed by atoms with Crippen LogP contribution in [-0.4, -0.2) is 26.6 Å². The average Bonchev–Trinajstić information content (AvgIpc) is 3.53. The van der Waals surface area contributed by atoms with Crippen molar-refractivity contribution in [3.05, 3.63) is 93.7 Å². The minimum Gasteiger partial charge on any atom is -0.471 e. The molecule has 3 N–H and O–H groups in total. The summed E-state index contributed by atoms with van der Waals surface area (Å²) in [5, 5.41) is 7.56. The molecule has 0 aliphatic rings. The van der Waals surface area contributed by atoms with Gasteiger partial charge in [-0.15, -0.1) is 11.3 Å². The van der Waals surface area contributed by atoms with Crippen molar-refractivity contribution in [2.75, 3.05) is 5.32 Å². The van der Waals surface area contributed by atoms with Crippen LogP contribution in [0.5, 0.6) is 5.75 Å². The van der Waals surface area contributed by atoms with Crippen molar-refractivity contribution in [1.29, 1.82) is 0 Å². The van der Waals surface area contributed by atoms with Gasteiger partial charge in [-0.2, -0.15) is 18.3 Å². The highest BCUT2D eigenvalue weighted by Gasteiger charge is 2.35. The van der Waals surface area contributed by atoms with E-state index in [1.165, 1.54) is 16.9 Å². The maximum absolute atomic E-state index is 13.7. The minimum absolute atomic E-state index is 0.00797. The van der Waals surface area contributed by atoms with Crippen LogP contribution in [0.3, 0.4) is 0 Å². The van der Waals surface area contributed by atoms with E-state index in [0.717, 1.165) is 11.6 Å². The standard InChI is InChI=1S/C27H19ClF3N5O3S/c1-14-11-16(28)7-8-19(14)39-13-36-10-9-18(35-36)25(38)34-22-21-17(15-5-3-2-4-6-15)12-20(27(29,30)31)33-26(21)40-23(22)24(32)37/h2-12H,13H2,1H3,(H2,32,37)(H,34,38). The van der Waals surface area contributed by atoms with Crippen LogP contribution >= 0.6 is 22.9 Å². The monoisotopic (exact) mass is 585 g/mol. The average molecular weight is 586 g/mol. The first kappa shape index (κ1) is 27.2. The smallest absolute Gasteiger partial charge is 0.433 e. The molecule has 2 aromatic carbocycles. The number of fused-ring (bicyclic) bond motifs is 1. The Morgan fingerprint density at radius 2 is 1.88 bits per heavy atom. The van der Waals surface area contributed by atoms with Crippen molar-refractivity contribution in [1.82, 2.24) is 14.8 Å². The molecular formula is C27H19ClF3N5O3S. The predicted molar refractivity (Wildman–Crippen MR) is 146 cm³/mol. The molecule has 3 aromatic heterocycles. The second kappa shape index (κ2) is 10.6. The lowest BCUT2D eigenvalue weighted by Crippen LogP contribution is -2.18. The lowest BCUT2D eigenvalue weighted by Gasteiger charge is -2.12. The zero-order valence-corrected chi connectivity index (χ0v) is 22.2. The molecule has 0 atom stereocenters. The summed E-state index contributed by atoms with van der Waals surface area (Å²) in [6.07, 6.45) is -3.22. The van der Waals surface area contributed by atoms with Gasteiger partial charge in [-0.3, -0.25) is 9.59 Å². The molecule has 13 heteroatoms. The molecule has 0 aliphatic heterocycles. The SMILES string of the molecule is Cc1cc(Cl)ccc1OCn1ccc(C(=O)Nc2c(C(N)=O)sc3nc(C(F)(F)F)cc(-c4ccccc4)c23)n1. The van der Waals surface area contributed by atoms with Gasteiger partial charge in [0.2, 0.25) is 0 Å². The van der Waals surface area contributed by atoms with Crippen LogP contribution in [0.4, 0.5) is 18.9 Å². The molecule has 2 amide bonds. The first-order valence-electron chi connectivity index (χ1n) is 11.6. The molecule has 0 aliphatic carbocycles. The minimum atomic E-state index is -4.74. The van der Waals surface area contributed by atoms with Gasteiger partial charge in [0.25, 0.3) is 11.8 Å². The number of anilines is 1. The second-order valence-electron chi connectivity index (χ2n) is 8.65. The van der Waals surface area contributed by atoms with Crippen LogP contribution in [0.15, 0.2) is 66.9 Å². The van der Waals surface area contributed by atoms with E-state index < -0.39 is 23.7 Å². The zero-order valence-electron chi connectivity index (χ0n) is 20.6. The molecule has 0 saturated carbocycles. The third kappa shape index (κ3) is 5.49. The number of ether oxygens (including phenoxy) is 1. The topological polar surface area (TPSA) is 112 Å². The van der Waals surface area contributed by atoms with Crippen LogP contribution in [0.25, 0.3) is 21.3 Å². The molecule has 5 aromatic rings. The Kier molecular flexibility index (Phi) is 7.21. The number of nitrogens with one attached hydrogen (secondary N) is 1. The molecule has 40 heavy (non-hydrogen) atoms. The van der Waals surface area contributed by atoms with E-state index >= 15 is 0 Å². The Hall–Kier alpha value is -4.42. The lowest BCUT2D eigenvalue weighted by molar-refractivity contribution is -0.140. The highest BCUT2D eigenvalue weighted by molar-refractivity contribution is 7.21. The summed E-state index contributed by atoms with van der Waals surface area (Å²) < 4.78 is 48.2. The molecule has 8 nitrogen and oxygen atoms in total. The number of benzene rings is 2. The summed E-state index contributed by atoms with van der Waals surface area (Å²) >= 11 is 6.64. The summed E-state index contributed by atoms with van der Waals surface area (Å²) in [7, 11) is 0. The second-order valence-corrected chi connectivity index (χ2v) is 10.1. The summed E-state index contributed by atoms with van der Waals surface area (Å²) in [5.74, 6) is -1.05. The fraction of sp³-hybridized carbons (Fsp3) is 0.111. The van der Waals surface area contributed by atoms with Crippen molar-refractivity contribution in [2.45, 2.75) is 19.8 Å². The van der Waals surface area contributed by atoms with Gasteiger partial charge >= 0.3 is 6.18 Å². The van der Waals surface area contributed by atoms with Crippen LogP contribution in [0.2, 0.25) is 5.02 Å². The van der Waals surface area contributed by atoms with E-state index in [1.807, 2.05) is 6.92 Å². The number of halogens is 4. The van der Waals surface area contributed by atoms with Crippen molar-refractivity contribution in [2.24, 2.45) is 5.73 Å². The molecule has 0 radical (unpaired) electrons. The number of nitrogens with zero attached hydrogens (tertiary/aromatic N) is 3. The number of rotatable bonds is 7. The van der Waals surface area contributed by atoms with Gasteiger partial charge in [0, 0.05) is 16.6 Å². The van der Waals surface area contributed by atoms with E-state index in [9.17, 15) is 22.8 Å². The Labute approximate surface area is 234 Å². The Morgan fingerprint density at radius 3 is 2.55 bits per heavy atom. The number of carbonyl (C=O) groups excluding carboxylic acids is 2. The molecule has 0 saturated heterocycles. The van der Waals surface area contributed by atoms with Gasteiger partial charge in [0.15, 0.2) is 12.4 Å². The number of thiophene rings is 1. The number of carbonyl (C=O) groups is 2. The van der Waals surface area contributed by atoms with Gasteiger partial charge in [-0.05, 0) is 53.9 Å². The number of pyridine rings is 1. The highest BCUT2D eigenvalue weighted by atomic mass is 35.5. The van der Waals surface area contributed by atoms with Crippen LogP contribution in [0, 0.1) is 6.92 Å². The third-order valence-corrected chi connectivity index (χ3v) is 7.20. The number of aryl methyl sites for hydroxylation is 1. The number of aromatic nitrogens is 3. The van der Waals surface area contributed by atoms with E-state index in [4.69, 9.17) is 22.1 Å². The van der Waals surface area contributed by atoms with E-state index in [0.29, 0.717) is 27.7 Å². The van der Waals surface area contributed by atoms with Gasteiger partial charge in [-0.25, -0.2) is 9.67 Å². The van der Waals surface area contributed by atoms with Crippen molar-refractivity contribution in [3.8, 4) is 16.9 Å². The summed E-state index contributed by atoms with van der Waals surface area (Å²) in [6.45, 7) is 1.83. The van der Waals surface area contributed by atoms with Gasteiger partial charge < -0.3 is 15.8 Å². The Balaban J connectivity index is 1.50. The molecule has 5 rings (SSSR count). The first-order valence-corrected chi connectivity index (χ1v) is 12.8. The number of hydrogen-bond acceptors (Lipinski definition) is 6. The van der Waals surface area contributed by atoms with Gasteiger partial charge in [-0.1, -0.05) is 41.9 Å². The summed E-state index contributed by atoms with van der Waals surface area (Å²) in [5.41, 5.74) is 5.74. The molecule has 204 valence electrons. The maximum atomic E-state index is 13.7. The third-order valence-electron chi connectivity index (χ3n) is 5.86. The Morgan fingerprint density at radius 1 is 1.12 bits per heavy atom. The Bertz CT molecular complexity index is 1750. The number of hydrogen-bond donors (Lipinski definition) is 2. The van der Waals surface area contributed by atoms with Crippen LogP contribution < -0.4 is 15.8 Å². The lowest BCUT2D eigenvalue weighted by atomic mass is 10.0. The van der Waals surface area contributed by atoms with Crippen molar-refractivity contribution < 1.29 is 27.5 Å². The van der Waals surface area contributed by atoms with Crippen molar-refractivity contribution in [3.63, 3.8) is 0 Å². The summed E-state index contributed by atoms with van der Waals surface area (Å²) in [6, 6.07) is 15.7. The summed E-state index contributed by atoms with van der Waals surface area (Å²) in [4.78, 5) is 29.0. The molecule has 0 unspecified atom stereocenters. The fourth-order valence-corrected chi connectivity index (χ4v) is 5.26. The van der Waals surface area contributed by atoms with E-state index in [1.54, 1.807) is 48.5 Å². The molecule has 0 fully saturated rings. The molecule has 3 heterocycles. The molecular weight excluding hydrogens is 567 g/mol. The first-order chi connectivity index (χ1) is 19.0. The highest BCUT2D eigenvalue weighted by Crippen LogP contribution is 2.43. The number of primary amides is 1.